The second-order valence-corrected chi connectivity index (χ2v) is 8.97. The van der Waals surface area contributed by atoms with Crippen molar-refractivity contribution in [2.24, 2.45) is 5.92 Å². The molecule has 1 unspecified atom stereocenters. The largest absolute Gasteiger partial charge is 0.447 e. The molecule has 1 aliphatic rings. The Morgan fingerprint density at radius 2 is 1.91 bits per heavy atom. The molecule has 1 atom stereocenters. The van der Waals surface area contributed by atoms with Crippen LogP contribution in [0.3, 0.4) is 0 Å². The lowest BCUT2D eigenvalue weighted by Crippen LogP contribution is -2.48. The first kappa shape index (κ1) is 24.6. The van der Waals surface area contributed by atoms with Crippen LogP contribution >= 0.6 is 0 Å². The van der Waals surface area contributed by atoms with Gasteiger partial charge in [0, 0.05) is 38.5 Å². The number of oxazole rings is 1. The Balaban J connectivity index is 1.48. The van der Waals surface area contributed by atoms with Gasteiger partial charge in [-0.3, -0.25) is 9.69 Å². The Bertz CT molecular complexity index is 1180. The summed E-state index contributed by atoms with van der Waals surface area (Å²) in [5.74, 6) is 0.547. The molecule has 0 spiro atoms. The molecule has 2 heterocycles. The fraction of sp³-hybridized carbons (Fsp3) is 0.393. The molecule has 1 aliphatic heterocycles. The number of carbonyl (C=O) groups is 1. The van der Waals surface area contributed by atoms with E-state index < -0.39 is 0 Å². The lowest BCUT2D eigenvalue weighted by Gasteiger charge is -2.39. The number of nitriles is 1. The number of nitrogens with zero attached hydrogens (tertiary/aromatic N) is 4. The van der Waals surface area contributed by atoms with Gasteiger partial charge < -0.3 is 9.32 Å². The van der Waals surface area contributed by atoms with Crippen molar-refractivity contribution in [1.29, 1.82) is 5.26 Å². The number of benzene rings is 2. The zero-order valence-corrected chi connectivity index (χ0v) is 20.3. The molecule has 1 aromatic heterocycles. The van der Waals surface area contributed by atoms with Crippen molar-refractivity contribution in [3.05, 3.63) is 83.3 Å². The highest BCUT2D eigenvalue weighted by Gasteiger charge is 2.30. The van der Waals surface area contributed by atoms with Gasteiger partial charge >= 0.3 is 0 Å². The average molecular weight is 475 g/mol. The van der Waals surface area contributed by atoms with Crippen molar-refractivity contribution in [3.8, 4) is 6.07 Å². The Labute approximate surface area is 206 Å². The highest BCUT2D eigenvalue weighted by Crippen LogP contribution is 2.31. The lowest BCUT2D eigenvalue weighted by molar-refractivity contribution is -0.122. The summed E-state index contributed by atoms with van der Waals surface area (Å²) in [5, 5.41) is 9.82. The van der Waals surface area contributed by atoms with Crippen molar-refractivity contribution < 1.29 is 13.6 Å². The smallest absolute Gasteiger partial charge is 0.215 e. The van der Waals surface area contributed by atoms with E-state index in [-0.39, 0.29) is 23.6 Å². The molecule has 2 aromatic carbocycles. The van der Waals surface area contributed by atoms with E-state index in [9.17, 15) is 14.4 Å². The number of Topliss-reactive ketones (excluding diaryl/α,β-unsaturated/α-hetero) is 1. The average Bonchev–Trinajstić information content (AvgIpc) is 3.40. The fourth-order valence-electron chi connectivity index (χ4n) is 4.92. The Morgan fingerprint density at radius 3 is 2.54 bits per heavy atom. The van der Waals surface area contributed by atoms with Gasteiger partial charge in [0.1, 0.15) is 30.0 Å². The van der Waals surface area contributed by atoms with Crippen LogP contribution in [0.15, 0.2) is 59.3 Å². The quantitative estimate of drug-likeness (QED) is 0.427. The van der Waals surface area contributed by atoms with E-state index in [0.29, 0.717) is 44.1 Å². The van der Waals surface area contributed by atoms with E-state index in [1.807, 2.05) is 38.1 Å². The first-order valence-electron chi connectivity index (χ1n) is 12.2. The number of halogens is 1. The van der Waals surface area contributed by atoms with E-state index in [0.717, 1.165) is 29.7 Å². The van der Waals surface area contributed by atoms with Gasteiger partial charge in [0.05, 0.1) is 17.4 Å². The number of hydrogen-bond acceptors (Lipinski definition) is 6. The monoisotopic (exact) mass is 474 g/mol. The fourth-order valence-corrected chi connectivity index (χ4v) is 4.92. The summed E-state index contributed by atoms with van der Waals surface area (Å²) in [6, 6.07) is 14.4. The van der Waals surface area contributed by atoms with E-state index in [1.165, 1.54) is 18.4 Å². The highest BCUT2D eigenvalue weighted by atomic mass is 19.1. The molecule has 4 rings (SSSR count). The molecule has 0 amide bonds. The summed E-state index contributed by atoms with van der Waals surface area (Å²) in [6.07, 6.45) is 5.18. The molecule has 1 fully saturated rings. The third-order valence-electron chi connectivity index (χ3n) is 6.87. The Morgan fingerprint density at radius 1 is 1.14 bits per heavy atom. The summed E-state index contributed by atoms with van der Waals surface area (Å²) in [6.45, 7) is 6.87. The third-order valence-corrected chi connectivity index (χ3v) is 6.87. The highest BCUT2D eigenvalue weighted by molar-refractivity contribution is 5.83. The molecule has 7 heteroatoms. The minimum absolute atomic E-state index is 0.0722. The molecule has 182 valence electrons. The molecule has 6 nitrogen and oxygen atoms in total. The van der Waals surface area contributed by atoms with Gasteiger partial charge in [-0.05, 0) is 48.2 Å². The first-order chi connectivity index (χ1) is 17.0. The maximum atomic E-state index is 14.0. The molecule has 0 bridgehead atoms. The normalized spacial score (nSPS) is 15.2. The minimum Gasteiger partial charge on any atom is -0.447 e. The van der Waals surface area contributed by atoms with E-state index in [4.69, 9.17) is 4.42 Å². The zero-order valence-electron chi connectivity index (χ0n) is 20.3. The van der Waals surface area contributed by atoms with Gasteiger partial charge in [-0.15, -0.1) is 0 Å². The molecule has 35 heavy (non-hydrogen) atoms. The van der Waals surface area contributed by atoms with E-state index >= 15 is 0 Å². The summed E-state index contributed by atoms with van der Waals surface area (Å²) < 4.78 is 19.6. The number of rotatable bonds is 9. The topological polar surface area (TPSA) is 73.4 Å². The van der Waals surface area contributed by atoms with E-state index in [2.05, 4.69) is 20.9 Å². The molecule has 3 aromatic rings. The minimum atomic E-state index is -0.292. The molecule has 0 aliphatic carbocycles. The zero-order chi connectivity index (χ0) is 24.8. The molecule has 1 saturated heterocycles. The van der Waals surface area contributed by atoms with Gasteiger partial charge in [0.25, 0.3) is 0 Å². The second kappa shape index (κ2) is 11.3. The maximum Gasteiger partial charge on any atom is 0.215 e. The SMILES string of the molecule is CCC(CC)C(=O)Cc1ccc(N2CCN(C(c3cccc(F)c3)c3ncco3)CC2)c(C#N)c1. The number of anilines is 1. The van der Waals surface area contributed by atoms with Crippen LogP contribution < -0.4 is 4.90 Å². The van der Waals surface area contributed by atoms with Crippen LogP contribution in [0.1, 0.15) is 55.3 Å². The number of ketones is 1. The van der Waals surface area contributed by atoms with Crippen LogP contribution in [-0.2, 0) is 11.2 Å². The van der Waals surface area contributed by atoms with Crippen molar-refractivity contribution in [2.75, 3.05) is 31.1 Å². The van der Waals surface area contributed by atoms with Crippen molar-refractivity contribution in [2.45, 2.75) is 39.2 Å². The second-order valence-electron chi connectivity index (χ2n) is 8.97. The number of aromatic nitrogens is 1. The van der Waals surface area contributed by atoms with Gasteiger partial charge in [0.2, 0.25) is 5.89 Å². The first-order valence-corrected chi connectivity index (χ1v) is 12.2. The van der Waals surface area contributed by atoms with Crippen LogP contribution in [0.5, 0.6) is 0 Å². The van der Waals surface area contributed by atoms with Crippen LogP contribution in [0.25, 0.3) is 0 Å². The van der Waals surface area contributed by atoms with Crippen molar-refractivity contribution >= 4 is 11.5 Å². The molecular formula is C28H31FN4O2. The molecule has 0 saturated carbocycles. The van der Waals surface area contributed by atoms with Crippen LogP contribution in [0.2, 0.25) is 0 Å². The third kappa shape index (κ3) is 5.60. The number of piperazine rings is 1. The predicted octanol–water partition coefficient (Wildman–Crippen LogP) is 5.14. The summed E-state index contributed by atoms with van der Waals surface area (Å²) in [4.78, 5) is 21.3. The van der Waals surface area contributed by atoms with Crippen molar-refractivity contribution in [3.63, 3.8) is 0 Å². The molecule has 0 N–H and O–H groups in total. The van der Waals surface area contributed by atoms with Crippen LogP contribution in [-0.4, -0.2) is 41.8 Å². The van der Waals surface area contributed by atoms with Crippen molar-refractivity contribution in [1.82, 2.24) is 9.88 Å². The van der Waals surface area contributed by atoms with Gasteiger partial charge in [-0.25, -0.2) is 9.37 Å². The molecular weight excluding hydrogens is 443 g/mol. The lowest BCUT2D eigenvalue weighted by atomic mass is 9.93. The number of hydrogen-bond donors (Lipinski definition) is 0. The Hall–Kier alpha value is -3.50. The summed E-state index contributed by atoms with van der Waals surface area (Å²) in [7, 11) is 0. The van der Waals surface area contributed by atoms with E-state index in [1.54, 1.807) is 12.3 Å². The van der Waals surface area contributed by atoms with Gasteiger partial charge in [0.15, 0.2) is 0 Å². The molecule has 0 radical (unpaired) electrons. The van der Waals surface area contributed by atoms with Gasteiger partial charge in [-0.2, -0.15) is 5.26 Å². The van der Waals surface area contributed by atoms with Gasteiger partial charge in [-0.1, -0.05) is 32.0 Å². The summed E-state index contributed by atoms with van der Waals surface area (Å²) in [5.41, 5.74) is 3.15. The van der Waals surface area contributed by atoms with Crippen LogP contribution in [0.4, 0.5) is 10.1 Å². The predicted molar refractivity (Wildman–Crippen MR) is 132 cm³/mol. The Kier molecular flexibility index (Phi) is 7.94. The van der Waals surface area contributed by atoms with Crippen LogP contribution in [0, 0.1) is 23.1 Å². The summed E-state index contributed by atoms with van der Waals surface area (Å²) >= 11 is 0. The number of carbonyl (C=O) groups excluding carboxylic acids is 1. The standard InChI is InChI=1S/C28H31FN4O2/c1-3-21(4-2)26(34)17-20-8-9-25(23(16-20)19-30)32-11-13-33(14-12-32)27(28-31-10-15-35-28)22-6-5-7-24(29)18-22/h5-10,15-16,18,21,27H,3-4,11-14,17H2,1-2H3. The maximum absolute atomic E-state index is 14.0.